The maximum Gasteiger partial charge on any atom is 0.277 e. The van der Waals surface area contributed by atoms with Crippen LogP contribution in [-0.4, -0.2) is 35.0 Å². The summed E-state index contributed by atoms with van der Waals surface area (Å²) in [5, 5.41) is 8.36. The van der Waals surface area contributed by atoms with E-state index in [0.29, 0.717) is 23.6 Å². The second-order valence-corrected chi connectivity index (χ2v) is 8.02. The highest BCUT2D eigenvalue weighted by Gasteiger charge is 2.40. The van der Waals surface area contributed by atoms with Gasteiger partial charge in [0.05, 0.1) is 6.10 Å². The first-order chi connectivity index (χ1) is 12.9. The number of ether oxygens (including phenoxy) is 1. The number of carbonyl (C=O) groups excluding carboxylic acids is 2. The van der Waals surface area contributed by atoms with Gasteiger partial charge >= 0.3 is 0 Å². The van der Waals surface area contributed by atoms with E-state index in [1.54, 1.807) is 0 Å². The fourth-order valence-corrected chi connectivity index (χ4v) is 3.99. The van der Waals surface area contributed by atoms with Gasteiger partial charge in [-0.05, 0) is 30.6 Å². The van der Waals surface area contributed by atoms with Crippen molar-refractivity contribution in [2.45, 2.75) is 59.3 Å². The van der Waals surface area contributed by atoms with E-state index in [1.807, 2.05) is 30.3 Å². The Morgan fingerprint density at radius 1 is 1.26 bits per heavy atom. The maximum absolute atomic E-state index is 12.8. The number of benzene rings is 1. The Hall–Kier alpha value is -2.21. The van der Waals surface area contributed by atoms with Crippen LogP contribution in [0, 0.1) is 17.8 Å². The van der Waals surface area contributed by atoms with Crippen molar-refractivity contribution in [1.82, 2.24) is 10.3 Å². The first kappa shape index (κ1) is 19.5. The molecule has 6 nitrogen and oxygen atoms in total. The molecule has 27 heavy (non-hydrogen) atoms. The summed E-state index contributed by atoms with van der Waals surface area (Å²) in [6.07, 6.45) is 2.07. The highest BCUT2D eigenvalue weighted by atomic mass is 16.5. The second-order valence-electron chi connectivity index (χ2n) is 8.02. The summed E-state index contributed by atoms with van der Waals surface area (Å²) in [6.45, 7) is 7.99. The minimum Gasteiger partial charge on any atom is -0.344 e. The molecule has 4 atom stereocenters. The second kappa shape index (κ2) is 8.21. The molecule has 1 aromatic carbocycles. The molecule has 1 N–H and O–H groups in total. The third-order valence-corrected chi connectivity index (χ3v) is 5.53. The standard InChI is InChI=1S/C21H29N3O3/c1-13(2)17-11-10-14(3)12-18(17)27-21-20(26)22-19(23-24(21)15(4)25)16-8-6-5-7-9-16/h5-9,13-14,17-18,21H,10-12H2,1-4H3,(H,22,23,26)/t14-,17+,18-,21-/m1/s1. The molecule has 6 heteroatoms. The summed E-state index contributed by atoms with van der Waals surface area (Å²) in [4.78, 5) is 25.0. The molecule has 0 radical (unpaired) electrons. The number of rotatable bonds is 4. The number of amidine groups is 1. The zero-order chi connectivity index (χ0) is 19.6. The number of hydrazone groups is 1. The Labute approximate surface area is 161 Å². The lowest BCUT2D eigenvalue weighted by molar-refractivity contribution is -0.176. The maximum atomic E-state index is 12.8. The van der Waals surface area contributed by atoms with E-state index >= 15 is 0 Å². The van der Waals surface area contributed by atoms with E-state index in [4.69, 9.17) is 4.74 Å². The molecular weight excluding hydrogens is 342 g/mol. The first-order valence-electron chi connectivity index (χ1n) is 9.77. The van der Waals surface area contributed by atoms with E-state index in [9.17, 15) is 9.59 Å². The van der Waals surface area contributed by atoms with Crippen LogP contribution in [0.3, 0.4) is 0 Å². The van der Waals surface area contributed by atoms with Gasteiger partial charge in [-0.1, -0.05) is 57.5 Å². The molecule has 1 heterocycles. The Kier molecular flexibility index (Phi) is 5.95. The average molecular weight is 371 g/mol. The fraction of sp³-hybridized carbons (Fsp3) is 0.571. The number of hydrogen-bond donors (Lipinski definition) is 1. The predicted molar refractivity (Wildman–Crippen MR) is 104 cm³/mol. The van der Waals surface area contributed by atoms with Crippen LogP contribution in [0.1, 0.15) is 52.5 Å². The van der Waals surface area contributed by atoms with Crippen molar-refractivity contribution in [2.75, 3.05) is 0 Å². The van der Waals surface area contributed by atoms with E-state index in [2.05, 4.69) is 31.2 Å². The summed E-state index contributed by atoms with van der Waals surface area (Å²) in [5.41, 5.74) is 0.752. The Balaban J connectivity index is 1.85. The summed E-state index contributed by atoms with van der Waals surface area (Å²) >= 11 is 0. The Bertz CT molecular complexity index is 717. The molecule has 0 bridgehead atoms. The third-order valence-electron chi connectivity index (χ3n) is 5.53. The molecule has 0 saturated heterocycles. The van der Waals surface area contributed by atoms with E-state index in [-0.39, 0.29) is 17.9 Å². The van der Waals surface area contributed by atoms with Gasteiger partial charge in [-0.3, -0.25) is 9.59 Å². The number of carbonyl (C=O) groups is 2. The van der Waals surface area contributed by atoms with Crippen molar-refractivity contribution in [2.24, 2.45) is 22.9 Å². The molecule has 146 valence electrons. The number of nitrogens with one attached hydrogen (secondary N) is 1. The third kappa shape index (κ3) is 4.38. The molecule has 1 aliphatic carbocycles. The van der Waals surface area contributed by atoms with Crippen LogP contribution >= 0.6 is 0 Å². The molecule has 0 aromatic heterocycles. The molecule has 1 saturated carbocycles. The van der Waals surface area contributed by atoms with Crippen LogP contribution in [-0.2, 0) is 14.3 Å². The highest BCUT2D eigenvalue weighted by Crippen LogP contribution is 2.36. The van der Waals surface area contributed by atoms with Crippen molar-refractivity contribution in [3.63, 3.8) is 0 Å². The van der Waals surface area contributed by atoms with Crippen LogP contribution in [0.5, 0.6) is 0 Å². The molecule has 1 aromatic rings. The van der Waals surface area contributed by atoms with E-state index < -0.39 is 6.23 Å². The lowest BCUT2D eigenvalue weighted by Gasteiger charge is -2.40. The molecule has 1 aliphatic heterocycles. The Morgan fingerprint density at radius 2 is 1.96 bits per heavy atom. The van der Waals surface area contributed by atoms with Crippen LogP contribution in [0.15, 0.2) is 35.4 Å². The lowest BCUT2D eigenvalue weighted by Crippen LogP contribution is -2.57. The summed E-state index contributed by atoms with van der Waals surface area (Å²) in [5.74, 6) is 1.09. The molecule has 2 aliphatic rings. The van der Waals surface area contributed by atoms with Gasteiger partial charge in [-0.25, -0.2) is 0 Å². The van der Waals surface area contributed by atoms with Crippen molar-refractivity contribution < 1.29 is 14.3 Å². The monoisotopic (exact) mass is 371 g/mol. The summed E-state index contributed by atoms with van der Waals surface area (Å²) in [7, 11) is 0. The van der Waals surface area contributed by atoms with Gasteiger partial charge in [0.15, 0.2) is 5.84 Å². The summed E-state index contributed by atoms with van der Waals surface area (Å²) in [6, 6.07) is 9.30. The van der Waals surface area contributed by atoms with Crippen molar-refractivity contribution >= 4 is 17.6 Å². The quantitative estimate of drug-likeness (QED) is 0.884. The number of amides is 2. The number of hydrogen-bond acceptors (Lipinski definition) is 4. The Morgan fingerprint density at radius 3 is 2.59 bits per heavy atom. The molecule has 0 spiro atoms. The van der Waals surface area contributed by atoms with Crippen LogP contribution < -0.4 is 5.32 Å². The van der Waals surface area contributed by atoms with Crippen molar-refractivity contribution in [3.05, 3.63) is 35.9 Å². The summed E-state index contributed by atoms with van der Waals surface area (Å²) < 4.78 is 6.23. The zero-order valence-corrected chi connectivity index (χ0v) is 16.5. The van der Waals surface area contributed by atoms with Gasteiger partial charge in [0, 0.05) is 12.5 Å². The van der Waals surface area contributed by atoms with E-state index in [1.165, 1.54) is 18.4 Å². The average Bonchev–Trinajstić information content (AvgIpc) is 2.63. The first-order valence-corrected chi connectivity index (χ1v) is 9.77. The van der Waals surface area contributed by atoms with Gasteiger partial charge < -0.3 is 10.1 Å². The van der Waals surface area contributed by atoms with Crippen molar-refractivity contribution in [1.29, 1.82) is 0 Å². The van der Waals surface area contributed by atoms with Gasteiger partial charge in [-0.15, -0.1) is 5.10 Å². The molecule has 2 amide bonds. The lowest BCUT2D eigenvalue weighted by atomic mass is 9.75. The molecule has 1 fully saturated rings. The van der Waals surface area contributed by atoms with Crippen LogP contribution in [0.4, 0.5) is 0 Å². The number of nitrogens with zero attached hydrogens (tertiary/aromatic N) is 2. The highest BCUT2D eigenvalue weighted by molar-refractivity contribution is 6.11. The minimum atomic E-state index is -1.02. The van der Waals surface area contributed by atoms with Gasteiger partial charge in [0.2, 0.25) is 12.1 Å². The van der Waals surface area contributed by atoms with E-state index in [0.717, 1.165) is 18.4 Å². The molecule has 3 rings (SSSR count). The van der Waals surface area contributed by atoms with Gasteiger partial charge in [-0.2, -0.15) is 5.01 Å². The SMILES string of the molecule is CC(=O)N1N=C(c2ccccc2)NC(=O)[C@H]1O[C@@H]1C[C@H](C)CC[C@H]1C(C)C. The van der Waals surface area contributed by atoms with Gasteiger partial charge in [0.25, 0.3) is 5.91 Å². The minimum absolute atomic E-state index is 0.0557. The van der Waals surface area contributed by atoms with Crippen molar-refractivity contribution in [3.8, 4) is 0 Å². The van der Waals surface area contributed by atoms with Crippen LogP contribution in [0.25, 0.3) is 0 Å². The smallest absolute Gasteiger partial charge is 0.277 e. The zero-order valence-electron chi connectivity index (χ0n) is 16.5. The fourth-order valence-electron chi connectivity index (χ4n) is 3.99. The predicted octanol–water partition coefficient (Wildman–Crippen LogP) is 3.13. The largest absolute Gasteiger partial charge is 0.344 e. The molecule has 0 unspecified atom stereocenters. The topological polar surface area (TPSA) is 71.0 Å². The van der Waals surface area contributed by atoms with Gasteiger partial charge in [0.1, 0.15) is 0 Å². The van der Waals surface area contributed by atoms with Crippen LogP contribution in [0.2, 0.25) is 0 Å². The molecular formula is C21H29N3O3. The normalized spacial score (nSPS) is 28.7.